The van der Waals surface area contributed by atoms with Gasteiger partial charge in [-0.05, 0) is 0 Å². The maximum atomic E-state index is 8.28. The average Bonchev–Trinajstić information content (AvgIpc) is 2.86. The second-order valence-corrected chi connectivity index (χ2v) is 2.44. The Kier molecular flexibility index (Phi) is 77.9. The van der Waals surface area contributed by atoms with Gasteiger partial charge in [0.05, 0.1) is 31.8 Å². The molecule has 0 aliphatic carbocycles. The van der Waals surface area contributed by atoms with Gasteiger partial charge in [-0.3, -0.25) is 0 Å². The Morgan fingerprint density at radius 2 is 1.65 bits per heavy atom. The minimum absolute atomic E-state index is 0. The molecule has 17 heavy (non-hydrogen) atoms. The Balaban J connectivity index is -0.0000000174. The monoisotopic (exact) mass is 316 g/mol. The first-order chi connectivity index (χ1) is 5.24. The van der Waals surface area contributed by atoms with Gasteiger partial charge in [-0.2, -0.15) is 0 Å². The molecule has 2 unspecified atom stereocenters. The summed E-state index contributed by atoms with van der Waals surface area (Å²) in [5, 5.41) is 24.4. The first-order valence-corrected chi connectivity index (χ1v) is 3.85. The van der Waals surface area contributed by atoms with E-state index in [-0.39, 0.29) is 115 Å². The zero-order valence-corrected chi connectivity index (χ0v) is 14.9. The fourth-order valence-electron chi connectivity index (χ4n) is 0.222. The van der Waals surface area contributed by atoms with Crippen LogP contribution in [-0.2, 0) is 4.74 Å². The molecule has 6 nitrogen and oxygen atoms in total. The maximum absolute atomic E-state index is 8.28. The molecule has 100 valence electrons. The summed E-state index contributed by atoms with van der Waals surface area (Å²) in [6.07, 6.45) is -0.554. The van der Waals surface area contributed by atoms with Crippen LogP contribution in [0.4, 0.5) is 0 Å². The number of ether oxygens (including phenoxy) is 1. The van der Waals surface area contributed by atoms with Gasteiger partial charge >= 0.3 is 59.1 Å². The Morgan fingerprint density at radius 3 is 1.65 bits per heavy atom. The molecule has 1 fully saturated rings. The van der Waals surface area contributed by atoms with E-state index in [0.29, 0.717) is 0 Å². The number of alkyl halides is 1. The second kappa shape index (κ2) is 31.0. The van der Waals surface area contributed by atoms with E-state index in [0.717, 1.165) is 6.61 Å². The number of aliphatic hydroxyl groups is 3. The molecule has 1 aliphatic heterocycles. The number of hydrogen-bond acceptors (Lipinski definition) is 5. The second-order valence-electron chi connectivity index (χ2n) is 2.13. The molecule has 0 spiro atoms. The topological polar surface area (TPSA) is 135 Å². The smallest absolute Gasteiger partial charge is 1.00 e. The maximum Gasteiger partial charge on any atom is 1.00 e. The van der Waals surface area contributed by atoms with E-state index < -0.39 is 6.10 Å². The van der Waals surface area contributed by atoms with E-state index in [2.05, 4.69) is 4.74 Å². The standard InChI is InChI=1S/C3H7ClO2.C3H6O2.CH4.ClH.2Na.2H2O/c4-1-3(6)2-5;4-1-3-2-5-3;;;;;;/h3,5-6H,1-2H2;3-4H,1-2H2;1H4;1H;;;2*1H2/q;;;;2*+1;;/p-2. The summed E-state index contributed by atoms with van der Waals surface area (Å²) in [5.41, 5.74) is 0. The van der Waals surface area contributed by atoms with Crippen LogP contribution in [-0.4, -0.2) is 64.2 Å². The van der Waals surface area contributed by atoms with Crippen molar-refractivity contribution in [2.24, 2.45) is 0 Å². The van der Waals surface area contributed by atoms with Crippen LogP contribution < -0.4 is 71.5 Å². The molecule has 1 aliphatic rings. The minimum atomic E-state index is -0.744. The van der Waals surface area contributed by atoms with Crippen molar-refractivity contribution in [3.63, 3.8) is 0 Å². The van der Waals surface area contributed by atoms with Gasteiger partial charge in [0.2, 0.25) is 0 Å². The van der Waals surface area contributed by atoms with Gasteiger partial charge < -0.3 is 43.4 Å². The molecule has 0 aromatic heterocycles. The fraction of sp³-hybridized carbons (Fsp3) is 1.00. The molecule has 0 aromatic rings. The summed E-state index contributed by atoms with van der Waals surface area (Å²) in [6, 6.07) is 0. The van der Waals surface area contributed by atoms with E-state index >= 15 is 0 Å². The SMILES string of the molecule is C.O.OCC(O)CCl.OCC1CO1.[Cl-].[Na+].[Na+].[OH-]. The predicted octanol–water partition coefficient (Wildman–Crippen LogP) is -10.4. The summed E-state index contributed by atoms with van der Waals surface area (Å²) < 4.78 is 4.61. The minimum Gasteiger partial charge on any atom is -1.00 e. The Bertz CT molecular complexity index is 98.4. The van der Waals surface area contributed by atoms with Gasteiger partial charge in [0, 0.05) is 0 Å². The van der Waals surface area contributed by atoms with Gasteiger partial charge in [0.1, 0.15) is 6.10 Å². The Labute approximate surface area is 158 Å². The van der Waals surface area contributed by atoms with Crippen molar-refractivity contribution in [3.05, 3.63) is 0 Å². The molecule has 0 bridgehead atoms. The third-order valence-corrected chi connectivity index (χ3v) is 1.35. The van der Waals surface area contributed by atoms with Gasteiger partial charge in [0.15, 0.2) is 0 Å². The van der Waals surface area contributed by atoms with Gasteiger partial charge in [-0.1, -0.05) is 7.43 Å². The Morgan fingerprint density at radius 1 is 1.29 bits per heavy atom. The molecule has 2 atom stereocenters. The van der Waals surface area contributed by atoms with Crippen molar-refractivity contribution in [1.82, 2.24) is 0 Å². The molecule has 1 rings (SSSR count). The molecular formula is C7H20Cl2Na2O6. The van der Waals surface area contributed by atoms with Crippen LogP contribution in [0.25, 0.3) is 0 Å². The van der Waals surface area contributed by atoms with Crippen molar-refractivity contribution in [1.29, 1.82) is 0 Å². The molecule has 6 N–H and O–H groups in total. The molecule has 0 saturated carbocycles. The molecule has 1 saturated heterocycles. The van der Waals surface area contributed by atoms with Crippen molar-refractivity contribution in [2.75, 3.05) is 25.7 Å². The molecule has 10 heteroatoms. The molecule has 0 amide bonds. The van der Waals surface area contributed by atoms with E-state index in [1.165, 1.54) is 0 Å². The van der Waals surface area contributed by atoms with Gasteiger partial charge in [-0.15, -0.1) is 11.6 Å². The van der Waals surface area contributed by atoms with E-state index in [1.54, 1.807) is 0 Å². The first-order valence-electron chi connectivity index (χ1n) is 3.32. The summed E-state index contributed by atoms with van der Waals surface area (Å²) in [6.45, 7) is 0.708. The van der Waals surface area contributed by atoms with E-state index in [4.69, 9.17) is 26.9 Å². The summed E-state index contributed by atoms with van der Waals surface area (Å²) in [4.78, 5) is 0. The number of halogens is 2. The number of aliphatic hydroxyl groups excluding tert-OH is 3. The van der Waals surface area contributed by atoms with E-state index in [1.807, 2.05) is 0 Å². The normalized spacial score (nSPS) is 15.2. The third-order valence-electron chi connectivity index (χ3n) is 0.995. The van der Waals surface area contributed by atoms with Crippen molar-refractivity contribution in [2.45, 2.75) is 19.6 Å². The van der Waals surface area contributed by atoms with Crippen LogP contribution >= 0.6 is 11.6 Å². The Hall–Kier alpha value is 2.34. The summed E-state index contributed by atoms with van der Waals surface area (Å²) in [5.74, 6) is 0.108. The van der Waals surface area contributed by atoms with Gasteiger partial charge in [0.25, 0.3) is 0 Å². The zero-order valence-electron chi connectivity index (χ0n) is 9.44. The predicted molar refractivity (Wildman–Crippen MR) is 52.9 cm³/mol. The van der Waals surface area contributed by atoms with Crippen LogP contribution in [0, 0.1) is 0 Å². The first kappa shape index (κ1) is 42.7. The number of hydrogen-bond donors (Lipinski definition) is 3. The van der Waals surface area contributed by atoms with Crippen molar-refractivity contribution in [3.8, 4) is 0 Å². The van der Waals surface area contributed by atoms with Crippen molar-refractivity contribution < 1.29 is 103 Å². The van der Waals surface area contributed by atoms with E-state index in [9.17, 15) is 0 Å². The van der Waals surface area contributed by atoms with Crippen LogP contribution in [0.5, 0.6) is 0 Å². The summed E-state index contributed by atoms with van der Waals surface area (Å²) >= 11 is 5.04. The zero-order chi connectivity index (χ0) is 8.69. The van der Waals surface area contributed by atoms with Crippen LogP contribution in [0.1, 0.15) is 7.43 Å². The average molecular weight is 317 g/mol. The molecular weight excluding hydrogens is 297 g/mol. The molecule has 0 aromatic carbocycles. The fourth-order valence-corrected chi connectivity index (χ4v) is 0.320. The quantitative estimate of drug-likeness (QED) is 0.270. The van der Waals surface area contributed by atoms with Crippen LogP contribution in [0.15, 0.2) is 0 Å². The molecule has 1 heterocycles. The van der Waals surface area contributed by atoms with Gasteiger partial charge in [-0.25, -0.2) is 0 Å². The van der Waals surface area contributed by atoms with Crippen LogP contribution in [0.2, 0.25) is 0 Å². The number of rotatable bonds is 3. The molecule has 0 radical (unpaired) electrons. The van der Waals surface area contributed by atoms with Crippen LogP contribution in [0.3, 0.4) is 0 Å². The number of epoxide rings is 1. The summed E-state index contributed by atoms with van der Waals surface area (Å²) in [7, 11) is 0. The third kappa shape index (κ3) is 38.1. The van der Waals surface area contributed by atoms with Crippen molar-refractivity contribution >= 4 is 11.6 Å². The largest absolute Gasteiger partial charge is 1.00 e.